The topological polar surface area (TPSA) is 58.9 Å². The number of hydrogen-bond acceptors (Lipinski definition) is 4. The second kappa shape index (κ2) is 4.01. The Morgan fingerprint density at radius 2 is 2.18 bits per heavy atom. The van der Waals surface area contributed by atoms with Gasteiger partial charge in [-0.3, -0.25) is 0 Å². The van der Waals surface area contributed by atoms with Crippen LogP contribution in [0.4, 0.5) is 0 Å². The van der Waals surface area contributed by atoms with Crippen LogP contribution in [0.15, 0.2) is 0 Å². The van der Waals surface area contributed by atoms with Crippen molar-refractivity contribution in [2.75, 3.05) is 20.3 Å². The van der Waals surface area contributed by atoms with E-state index in [9.17, 15) is 0 Å². The summed E-state index contributed by atoms with van der Waals surface area (Å²) in [6.07, 6.45) is 0.157. The summed E-state index contributed by atoms with van der Waals surface area (Å²) in [6, 6.07) is 0. The first-order valence-corrected chi connectivity index (χ1v) is 3.71. The summed E-state index contributed by atoms with van der Waals surface area (Å²) in [4.78, 5) is 0. The molecule has 1 aliphatic heterocycles. The Hall–Kier alpha value is -0.160. The van der Waals surface area contributed by atoms with Gasteiger partial charge in [-0.05, 0) is 0 Å². The van der Waals surface area contributed by atoms with E-state index in [0.29, 0.717) is 6.42 Å². The van der Waals surface area contributed by atoms with Crippen LogP contribution in [0.5, 0.6) is 0 Å². The third-order valence-corrected chi connectivity index (χ3v) is 1.96. The van der Waals surface area contributed by atoms with Crippen molar-refractivity contribution in [1.29, 1.82) is 0 Å². The molecule has 0 saturated carbocycles. The maximum Gasteiger partial charge on any atom is 0.107 e. The van der Waals surface area contributed by atoms with Crippen molar-refractivity contribution in [1.82, 2.24) is 0 Å². The van der Waals surface area contributed by atoms with Gasteiger partial charge in [0.05, 0.1) is 25.4 Å². The van der Waals surface area contributed by atoms with Gasteiger partial charge in [0, 0.05) is 13.5 Å². The first-order valence-electron chi connectivity index (χ1n) is 3.71. The predicted octanol–water partition coefficient (Wildman–Crippen LogP) is -0.857. The summed E-state index contributed by atoms with van der Waals surface area (Å²) in [5, 5.41) is 17.5. The lowest BCUT2D eigenvalue weighted by molar-refractivity contribution is -0.0444. The highest BCUT2D eigenvalue weighted by atomic mass is 16.6. The molecule has 3 atom stereocenters. The quantitative estimate of drug-likeness (QED) is 0.567. The summed E-state index contributed by atoms with van der Waals surface area (Å²) >= 11 is 0. The van der Waals surface area contributed by atoms with Crippen molar-refractivity contribution in [3.05, 3.63) is 0 Å². The Labute approximate surface area is 65.7 Å². The largest absolute Gasteiger partial charge is 0.394 e. The molecule has 11 heavy (non-hydrogen) atoms. The average molecular weight is 162 g/mol. The molecule has 1 aliphatic rings. The second-order valence-electron chi connectivity index (χ2n) is 2.67. The van der Waals surface area contributed by atoms with Crippen LogP contribution in [-0.4, -0.2) is 48.8 Å². The normalized spacial score (nSPS) is 37.9. The number of rotatable bonds is 3. The van der Waals surface area contributed by atoms with E-state index in [1.54, 1.807) is 7.11 Å². The first kappa shape index (κ1) is 8.93. The molecule has 2 N–H and O–H groups in total. The van der Waals surface area contributed by atoms with Crippen molar-refractivity contribution in [2.24, 2.45) is 0 Å². The van der Waals surface area contributed by atoms with E-state index in [2.05, 4.69) is 0 Å². The van der Waals surface area contributed by atoms with E-state index in [1.807, 2.05) is 0 Å². The molecular weight excluding hydrogens is 148 g/mol. The number of aliphatic hydroxyl groups excluding tert-OH is 2. The fraction of sp³-hybridized carbons (Fsp3) is 1.00. The number of methoxy groups -OCH3 is 1. The molecule has 1 rings (SSSR count). The van der Waals surface area contributed by atoms with Gasteiger partial charge in [-0.2, -0.15) is 0 Å². The van der Waals surface area contributed by atoms with Gasteiger partial charge in [0.25, 0.3) is 0 Å². The highest BCUT2D eigenvalue weighted by molar-refractivity contribution is 4.82. The van der Waals surface area contributed by atoms with Gasteiger partial charge in [0.1, 0.15) is 6.10 Å². The molecule has 0 aromatic heterocycles. The van der Waals surface area contributed by atoms with E-state index in [0.717, 1.165) is 0 Å². The third kappa shape index (κ3) is 1.90. The minimum Gasteiger partial charge on any atom is -0.394 e. The maximum absolute atomic E-state index is 8.79. The predicted molar refractivity (Wildman–Crippen MR) is 38.2 cm³/mol. The zero-order valence-electron chi connectivity index (χ0n) is 6.56. The van der Waals surface area contributed by atoms with Crippen molar-refractivity contribution in [2.45, 2.75) is 24.7 Å². The summed E-state index contributed by atoms with van der Waals surface area (Å²) in [5.41, 5.74) is 0. The lowest BCUT2D eigenvalue weighted by atomic mass is 10.1. The minimum atomic E-state index is -0.267. The van der Waals surface area contributed by atoms with Gasteiger partial charge in [-0.15, -0.1) is 0 Å². The van der Waals surface area contributed by atoms with E-state index in [1.165, 1.54) is 0 Å². The average Bonchev–Trinajstić information content (AvgIpc) is 2.46. The molecule has 4 heteroatoms. The van der Waals surface area contributed by atoms with E-state index >= 15 is 0 Å². The van der Waals surface area contributed by atoms with Gasteiger partial charge < -0.3 is 19.7 Å². The molecule has 66 valence electrons. The second-order valence-corrected chi connectivity index (χ2v) is 2.67. The molecule has 1 unspecified atom stereocenters. The molecule has 0 radical (unpaired) electrons. The molecule has 1 saturated heterocycles. The fourth-order valence-corrected chi connectivity index (χ4v) is 1.33. The monoisotopic (exact) mass is 162 g/mol. The van der Waals surface area contributed by atoms with Crippen LogP contribution < -0.4 is 0 Å². The summed E-state index contributed by atoms with van der Waals surface area (Å²) in [6.45, 7) is -0.0502. The lowest BCUT2D eigenvalue weighted by Gasteiger charge is -2.13. The molecule has 0 spiro atoms. The van der Waals surface area contributed by atoms with Crippen LogP contribution in [0.2, 0.25) is 0 Å². The maximum atomic E-state index is 8.79. The SMILES string of the molecule is COC1C[C@@H](CO)O[C@H]1CO. The fourth-order valence-electron chi connectivity index (χ4n) is 1.33. The molecule has 0 aromatic rings. The number of ether oxygens (including phenoxy) is 2. The third-order valence-electron chi connectivity index (χ3n) is 1.96. The summed E-state index contributed by atoms with van der Waals surface area (Å²) < 4.78 is 10.3. The van der Waals surface area contributed by atoms with E-state index in [-0.39, 0.29) is 31.5 Å². The smallest absolute Gasteiger partial charge is 0.107 e. The molecule has 1 fully saturated rings. The van der Waals surface area contributed by atoms with Gasteiger partial charge in [0.15, 0.2) is 0 Å². The van der Waals surface area contributed by atoms with Crippen LogP contribution in [-0.2, 0) is 9.47 Å². The van der Waals surface area contributed by atoms with Crippen LogP contribution in [0.1, 0.15) is 6.42 Å². The number of aliphatic hydroxyl groups is 2. The highest BCUT2D eigenvalue weighted by Crippen LogP contribution is 2.21. The summed E-state index contributed by atoms with van der Waals surface area (Å²) in [5.74, 6) is 0. The molecule has 0 bridgehead atoms. The van der Waals surface area contributed by atoms with Crippen molar-refractivity contribution < 1.29 is 19.7 Å². The van der Waals surface area contributed by atoms with E-state index in [4.69, 9.17) is 19.7 Å². The Kier molecular flexibility index (Phi) is 3.26. The van der Waals surface area contributed by atoms with E-state index < -0.39 is 0 Å². The molecular formula is C7H14O4. The number of hydrogen-bond donors (Lipinski definition) is 2. The minimum absolute atomic E-state index is 0.00361. The molecule has 4 nitrogen and oxygen atoms in total. The Morgan fingerprint density at radius 3 is 2.55 bits per heavy atom. The van der Waals surface area contributed by atoms with Crippen molar-refractivity contribution in [3.63, 3.8) is 0 Å². The highest BCUT2D eigenvalue weighted by Gasteiger charge is 2.34. The van der Waals surface area contributed by atoms with Crippen LogP contribution in [0.3, 0.4) is 0 Å². The van der Waals surface area contributed by atoms with Crippen molar-refractivity contribution >= 4 is 0 Å². The zero-order chi connectivity index (χ0) is 8.27. The van der Waals surface area contributed by atoms with Gasteiger partial charge in [0.2, 0.25) is 0 Å². The first-order chi connectivity index (χ1) is 5.31. The van der Waals surface area contributed by atoms with Gasteiger partial charge >= 0.3 is 0 Å². The van der Waals surface area contributed by atoms with Crippen molar-refractivity contribution in [3.8, 4) is 0 Å². The lowest BCUT2D eigenvalue weighted by Crippen LogP contribution is -2.26. The van der Waals surface area contributed by atoms with Crippen LogP contribution >= 0.6 is 0 Å². The standard InChI is InChI=1S/C7H14O4/c1-10-6-2-5(3-8)11-7(6)4-9/h5-9H,2-4H2,1H3/t5-,6?,7-/m0/s1. The van der Waals surface area contributed by atoms with Gasteiger partial charge in [-0.25, -0.2) is 0 Å². The Morgan fingerprint density at radius 1 is 1.45 bits per heavy atom. The molecule has 0 amide bonds. The van der Waals surface area contributed by atoms with Crippen LogP contribution in [0.25, 0.3) is 0 Å². The molecule has 0 aromatic carbocycles. The molecule has 0 aliphatic carbocycles. The zero-order valence-corrected chi connectivity index (χ0v) is 6.56. The molecule has 1 heterocycles. The van der Waals surface area contributed by atoms with Gasteiger partial charge in [-0.1, -0.05) is 0 Å². The van der Waals surface area contributed by atoms with Crippen LogP contribution in [0, 0.1) is 0 Å². The Bertz CT molecular complexity index is 105. The Balaban J connectivity index is 2.41. The summed E-state index contributed by atoms with van der Waals surface area (Å²) in [7, 11) is 1.58.